The summed E-state index contributed by atoms with van der Waals surface area (Å²) in [5.74, 6) is 1.40. The molecule has 4 aromatic rings. The predicted molar refractivity (Wildman–Crippen MR) is 118 cm³/mol. The Morgan fingerprint density at radius 2 is 1.90 bits per heavy atom. The summed E-state index contributed by atoms with van der Waals surface area (Å²) < 4.78 is 7.23. The van der Waals surface area contributed by atoms with Gasteiger partial charge in [-0.25, -0.2) is 4.68 Å². The van der Waals surface area contributed by atoms with Crippen LogP contribution in [-0.4, -0.2) is 20.7 Å². The van der Waals surface area contributed by atoms with Gasteiger partial charge >= 0.3 is 0 Å². The number of anilines is 2. The zero-order valence-electron chi connectivity index (χ0n) is 17.2. The number of para-hydroxylation sites is 1. The van der Waals surface area contributed by atoms with Gasteiger partial charge in [0, 0.05) is 11.4 Å². The molecule has 0 saturated heterocycles. The summed E-state index contributed by atoms with van der Waals surface area (Å²) in [6.45, 7) is 3.91. The molecule has 7 heteroatoms. The normalized spacial score (nSPS) is 15.4. The van der Waals surface area contributed by atoms with Gasteiger partial charge in [-0.3, -0.25) is 4.79 Å². The van der Waals surface area contributed by atoms with Crippen molar-refractivity contribution in [3.8, 4) is 11.6 Å². The van der Waals surface area contributed by atoms with Crippen LogP contribution < -0.4 is 10.6 Å². The molecule has 1 aliphatic rings. The predicted octanol–water partition coefficient (Wildman–Crippen LogP) is 4.77. The van der Waals surface area contributed by atoms with E-state index in [1.807, 2.05) is 68.4 Å². The number of hydrogen-bond donors (Lipinski definition) is 2. The lowest BCUT2D eigenvalue weighted by molar-refractivity contribution is -0.113. The third-order valence-corrected chi connectivity index (χ3v) is 5.23. The van der Waals surface area contributed by atoms with Gasteiger partial charge in [0.25, 0.3) is 5.91 Å². The van der Waals surface area contributed by atoms with Gasteiger partial charge in [-0.05, 0) is 43.7 Å². The molecule has 0 spiro atoms. The first kappa shape index (κ1) is 18.9. The van der Waals surface area contributed by atoms with Crippen LogP contribution >= 0.6 is 0 Å². The molecule has 31 heavy (non-hydrogen) atoms. The minimum Gasteiger partial charge on any atom is -0.461 e. The molecule has 0 aliphatic carbocycles. The Balaban J connectivity index is 1.62. The second kappa shape index (κ2) is 7.60. The first-order valence-electron chi connectivity index (χ1n) is 10.0. The Bertz CT molecular complexity index is 1270. The highest BCUT2D eigenvalue weighted by atomic mass is 16.3. The molecule has 0 bridgehead atoms. The average molecular weight is 411 g/mol. The van der Waals surface area contributed by atoms with Crippen molar-refractivity contribution in [1.82, 2.24) is 14.8 Å². The van der Waals surface area contributed by atoms with Gasteiger partial charge in [0.05, 0.1) is 11.8 Å². The molecule has 2 aromatic heterocycles. The monoisotopic (exact) mass is 411 g/mol. The molecule has 2 N–H and O–H groups in total. The Morgan fingerprint density at radius 1 is 1.06 bits per heavy atom. The maximum atomic E-state index is 13.4. The summed E-state index contributed by atoms with van der Waals surface area (Å²) in [5.41, 5.74) is 4.10. The highest BCUT2D eigenvalue weighted by molar-refractivity contribution is 6.06. The van der Waals surface area contributed by atoms with Crippen molar-refractivity contribution in [3.05, 3.63) is 95.4 Å². The molecule has 154 valence electrons. The maximum Gasteiger partial charge on any atom is 0.255 e. The van der Waals surface area contributed by atoms with Gasteiger partial charge in [0.2, 0.25) is 11.8 Å². The number of amides is 1. The van der Waals surface area contributed by atoms with E-state index in [0.29, 0.717) is 23.1 Å². The fourth-order valence-corrected chi connectivity index (χ4v) is 3.82. The minimum atomic E-state index is -0.434. The van der Waals surface area contributed by atoms with Crippen molar-refractivity contribution in [2.75, 3.05) is 10.6 Å². The lowest BCUT2D eigenvalue weighted by atomic mass is 9.94. The van der Waals surface area contributed by atoms with Gasteiger partial charge in [-0.1, -0.05) is 48.0 Å². The zero-order chi connectivity index (χ0) is 21.4. The Kier molecular flexibility index (Phi) is 4.63. The molecule has 3 heterocycles. The van der Waals surface area contributed by atoms with Gasteiger partial charge in [0.1, 0.15) is 6.04 Å². The van der Waals surface area contributed by atoms with Crippen molar-refractivity contribution in [1.29, 1.82) is 0 Å². The fourth-order valence-electron chi connectivity index (χ4n) is 3.82. The van der Waals surface area contributed by atoms with Crippen LogP contribution in [0.2, 0.25) is 0 Å². The zero-order valence-corrected chi connectivity index (χ0v) is 17.2. The van der Waals surface area contributed by atoms with Crippen molar-refractivity contribution in [2.24, 2.45) is 0 Å². The number of furan rings is 1. The van der Waals surface area contributed by atoms with E-state index >= 15 is 0 Å². The van der Waals surface area contributed by atoms with Crippen LogP contribution in [-0.2, 0) is 4.79 Å². The number of aryl methyl sites for hydroxylation is 1. The number of benzene rings is 2. The number of nitrogens with zero attached hydrogens (tertiary/aromatic N) is 3. The molecule has 0 fully saturated rings. The van der Waals surface area contributed by atoms with Crippen LogP contribution in [0.5, 0.6) is 0 Å². The van der Waals surface area contributed by atoms with E-state index in [1.54, 1.807) is 17.0 Å². The van der Waals surface area contributed by atoms with Crippen molar-refractivity contribution < 1.29 is 9.21 Å². The van der Waals surface area contributed by atoms with E-state index in [2.05, 4.69) is 26.8 Å². The number of aromatic nitrogens is 3. The number of allylic oxidation sites excluding steroid dienone is 1. The van der Waals surface area contributed by atoms with E-state index in [0.717, 1.165) is 22.5 Å². The second-order valence-corrected chi connectivity index (χ2v) is 7.48. The summed E-state index contributed by atoms with van der Waals surface area (Å²) >= 11 is 0. The third-order valence-electron chi connectivity index (χ3n) is 5.23. The van der Waals surface area contributed by atoms with Crippen molar-refractivity contribution >= 4 is 17.5 Å². The van der Waals surface area contributed by atoms with Gasteiger partial charge in [0.15, 0.2) is 5.76 Å². The highest BCUT2D eigenvalue weighted by Gasteiger charge is 2.34. The standard InChI is InChI=1S/C24H21N5O2/c1-15-8-6-9-17(14-15)21-20(23(30)26-18-10-4-3-5-11-18)16(2)25-24-27-22(28-29(21)24)19-12-7-13-31-19/h3-14,21H,1-2H3,(H,26,30)(H,25,27,28). The first-order chi connectivity index (χ1) is 15.1. The smallest absolute Gasteiger partial charge is 0.255 e. The largest absolute Gasteiger partial charge is 0.461 e. The minimum absolute atomic E-state index is 0.191. The summed E-state index contributed by atoms with van der Waals surface area (Å²) in [5, 5.41) is 10.9. The highest BCUT2D eigenvalue weighted by Crippen LogP contribution is 2.37. The summed E-state index contributed by atoms with van der Waals surface area (Å²) in [4.78, 5) is 18.0. The number of hydrogen-bond acceptors (Lipinski definition) is 5. The molecule has 1 unspecified atom stereocenters. The molecule has 0 saturated carbocycles. The van der Waals surface area contributed by atoms with E-state index in [4.69, 9.17) is 4.42 Å². The molecular formula is C24H21N5O2. The molecule has 5 rings (SSSR count). The second-order valence-electron chi connectivity index (χ2n) is 7.48. The van der Waals surface area contributed by atoms with Crippen molar-refractivity contribution in [2.45, 2.75) is 19.9 Å². The van der Waals surface area contributed by atoms with E-state index < -0.39 is 6.04 Å². The van der Waals surface area contributed by atoms with Crippen LogP contribution in [0.3, 0.4) is 0 Å². The van der Waals surface area contributed by atoms with Crippen LogP contribution in [0, 0.1) is 6.92 Å². The SMILES string of the molecule is CC1=C(C(=O)Nc2ccccc2)C(c2cccc(C)c2)n2nc(-c3ccco3)nc2N1. The van der Waals surface area contributed by atoms with Crippen LogP contribution in [0.4, 0.5) is 11.6 Å². The summed E-state index contributed by atoms with van der Waals surface area (Å²) in [6, 6.07) is 20.7. The van der Waals surface area contributed by atoms with Gasteiger partial charge in [-0.2, -0.15) is 4.98 Å². The summed E-state index contributed by atoms with van der Waals surface area (Å²) in [7, 11) is 0. The van der Waals surface area contributed by atoms with Crippen LogP contribution in [0.1, 0.15) is 24.1 Å². The lowest BCUT2D eigenvalue weighted by Gasteiger charge is -2.28. The Hall–Kier alpha value is -4.13. The molecule has 2 aromatic carbocycles. The van der Waals surface area contributed by atoms with Crippen LogP contribution in [0.25, 0.3) is 11.6 Å². The Labute approximate surface area is 179 Å². The number of carbonyl (C=O) groups is 1. The van der Waals surface area contributed by atoms with E-state index in [1.165, 1.54) is 0 Å². The third kappa shape index (κ3) is 3.50. The first-order valence-corrected chi connectivity index (χ1v) is 10.0. The molecular weight excluding hydrogens is 390 g/mol. The average Bonchev–Trinajstić information content (AvgIpc) is 3.43. The maximum absolute atomic E-state index is 13.4. The van der Waals surface area contributed by atoms with Crippen LogP contribution in [0.15, 0.2) is 88.7 Å². The number of rotatable bonds is 4. The topological polar surface area (TPSA) is 85.0 Å². The quantitative estimate of drug-likeness (QED) is 0.505. The molecule has 1 atom stereocenters. The molecule has 7 nitrogen and oxygen atoms in total. The molecule has 1 amide bonds. The van der Waals surface area contributed by atoms with E-state index in [-0.39, 0.29) is 5.91 Å². The summed E-state index contributed by atoms with van der Waals surface area (Å²) in [6.07, 6.45) is 1.59. The molecule has 0 radical (unpaired) electrons. The Morgan fingerprint density at radius 3 is 2.65 bits per heavy atom. The number of fused-ring (bicyclic) bond motifs is 1. The van der Waals surface area contributed by atoms with Gasteiger partial charge in [-0.15, -0.1) is 5.10 Å². The lowest BCUT2D eigenvalue weighted by Crippen LogP contribution is -2.31. The van der Waals surface area contributed by atoms with E-state index in [9.17, 15) is 4.79 Å². The van der Waals surface area contributed by atoms with Gasteiger partial charge < -0.3 is 15.1 Å². The fraction of sp³-hybridized carbons (Fsp3) is 0.125. The number of carbonyl (C=O) groups excluding carboxylic acids is 1. The number of nitrogens with one attached hydrogen (secondary N) is 2. The molecule has 1 aliphatic heterocycles. The van der Waals surface area contributed by atoms with Crippen molar-refractivity contribution in [3.63, 3.8) is 0 Å².